The second-order valence-corrected chi connectivity index (χ2v) is 6.71. The van der Waals surface area contributed by atoms with Gasteiger partial charge in [0.1, 0.15) is 0 Å². The number of hydrogen-bond donors (Lipinski definition) is 0. The maximum atomic E-state index is 12.6. The largest absolute Gasteiger partial charge is 0.401 e. The van der Waals surface area contributed by atoms with E-state index in [1.54, 1.807) is 11.0 Å². The van der Waals surface area contributed by atoms with Crippen LogP contribution in [0.3, 0.4) is 0 Å². The third-order valence-electron chi connectivity index (χ3n) is 4.14. The van der Waals surface area contributed by atoms with Crippen LogP contribution in [-0.2, 0) is 0 Å². The molecular weight excluding hydrogens is 385 g/mol. The highest BCUT2D eigenvalue weighted by molar-refractivity contribution is 9.10. The van der Waals surface area contributed by atoms with Gasteiger partial charge in [0.05, 0.1) is 6.54 Å². The van der Waals surface area contributed by atoms with Crippen LogP contribution in [0.5, 0.6) is 0 Å². The van der Waals surface area contributed by atoms with E-state index >= 15 is 0 Å². The Labute approximate surface area is 146 Å². The minimum atomic E-state index is -4.20. The monoisotopic (exact) mass is 400 g/mol. The van der Waals surface area contributed by atoms with Crippen molar-refractivity contribution in [2.24, 2.45) is 0 Å². The van der Waals surface area contributed by atoms with Crippen molar-refractivity contribution >= 4 is 32.6 Å². The summed E-state index contributed by atoms with van der Waals surface area (Å²) in [5, 5.41) is 1.97. The summed E-state index contributed by atoms with van der Waals surface area (Å²) in [6.45, 7) is 0.185. The molecule has 1 fully saturated rings. The smallest absolute Gasteiger partial charge is 0.336 e. The van der Waals surface area contributed by atoms with Gasteiger partial charge in [0.15, 0.2) is 0 Å². The van der Waals surface area contributed by atoms with Gasteiger partial charge >= 0.3 is 6.18 Å². The quantitative estimate of drug-likeness (QED) is 0.762. The number of benzene rings is 2. The number of piperazine rings is 1. The van der Waals surface area contributed by atoms with Gasteiger partial charge in [0.2, 0.25) is 0 Å². The van der Waals surface area contributed by atoms with Crippen LogP contribution < -0.4 is 0 Å². The molecule has 1 amide bonds. The number of rotatable bonds is 2. The number of fused-ring (bicyclic) bond motifs is 1. The Kier molecular flexibility index (Phi) is 4.83. The predicted molar refractivity (Wildman–Crippen MR) is 90.0 cm³/mol. The SMILES string of the molecule is O=C(c1ccc2c(Br)cccc2c1)N1CCN(CC(F)(F)F)CC1. The summed E-state index contributed by atoms with van der Waals surface area (Å²) in [7, 11) is 0. The molecule has 24 heavy (non-hydrogen) atoms. The van der Waals surface area contributed by atoms with Crippen molar-refractivity contribution in [3.8, 4) is 0 Å². The van der Waals surface area contributed by atoms with E-state index in [2.05, 4.69) is 15.9 Å². The van der Waals surface area contributed by atoms with Gasteiger partial charge in [-0.1, -0.05) is 34.1 Å². The third kappa shape index (κ3) is 3.89. The minimum Gasteiger partial charge on any atom is -0.336 e. The number of halogens is 4. The van der Waals surface area contributed by atoms with Crippen molar-refractivity contribution in [3.63, 3.8) is 0 Å². The molecule has 3 rings (SSSR count). The molecule has 128 valence electrons. The topological polar surface area (TPSA) is 23.6 Å². The van der Waals surface area contributed by atoms with Crippen LogP contribution in [0.1, 0.15) is 10.4 Å². The predicted octanol–water partition coefficient (Wildman–Crippen LogP) is 3.92. The molecule has 0 spiro atoms. The van der Waals surface area contributed by atoms with Crippen molar-refractivity contribution < 1.29 is 18.0 Å². The normalized spacial score (nSPS) is 16.6. The molecule has 2 aromatic carbocycles. The lowest BCUT2D eigenvalue weighted by molar-refractivity contribution is -0.148. The Morgan fingerprint density at radius 2 is 1.79 bits per heavy atom. The Hall–Kier alpha value is -1.60. The van der Waals surface area contributed by atoms with Crippen LogP contribution in [0.2, 0.25) is 0 Å². The van der Waals surface area contributed by atoms with E-state index < -0.39 is 12.7 Å². The van der Waals surface area contributed by atoms with Crippen molar-refractivity contribution in [1.29, 1.82) is 0 Å². The highest BCUT2D eigenvalue weighted by Crippen LogP contribution is 2.25. The summed E-state index contributed by atoms with van der Waals surface area (Å²) in [5.41, 5.74) is 0.560. The van der Waals surface area contributed by atoms with Crippen molar-refractivity contribution in [3.05, 3.63) is 46.4 Å². The molecule has 1 aliphatic heterocycles. The number of carbonyl (C=O) groups excluding carboxylic acids is 1. The fraction of sp³-hybridized carbons (Fsp3) is 0.353. The van der Waals surface area contributed by atoms with Gasteiger partial charge in [-0.3, -0.25) is 9.69 Å². The fourth-order valence-corrected chi connectivity index (χ4v) is 3.44. The summed E-state index contributed by atoms with van der Waals surface area (Å²) >= 11 is 3.47. The van der Waals surface area contributed by atoms with Crippen LogP contribution in [-0.4, -0.2) is 54.6 Å². The Balaban J connectivity index is 1.69. The van der Waals surface area contributed by atoms with Gasteiger partial charge in [0.25, 0.3) is 5.91 Å². The standard InChI is InChI=1S/C17H16BrF3N2O/c18-15-3-1-2-12-10-13(4-5-14(12)15)16(24)23-8-6-22(7-9-23)11-17(19,20)21/h1-5,10H,6-9,11H2. The van der Waals surface area contributed by atoms with Crippen LogP contribution in [0.15, 0.2) is 40.9 Å². The Morgan fingerprint density at radius 1 is 1.08 bits per heavy atom. The first-order valence-electron chi connectivity index (χ1n) is 7.60. The first kappa shape index (κ1) is 17.2. The molecule has 0 unspecified atom stereocenters. The zero-order valence-corrected chi connectivity index (χ0v) is 14.4. The molecule has 0 aliphatic carbocycles. The average molecular weight is 401 g/mol. The van der Waals surface area contributed by atoms with Crippen LogP contribution >= 0.6 is 15.9 Å². The summed E-state index contributed by atoms with van der Waals surface area (Å²) in [4.78, 5) is 15.5. The van der Waals surface area contributed by atoms with Gasteiger partial charge in [0, 0.05) is 36.2 Å². The van der Waals surface area contributed by atoms with E-state index in [1.807, 2.05) is 30.3 Å². The lowest BCUT2D eigenvalue weighted by Gasteiger charge is -2.35. The zero-order valence-electron chi connectivity index (χ0n) is 12.8. The van der Waals surface area contributed by atoms with Gasteiger partial charge in [-0.05, 0) is 29.0 Å². The van der Waals surface area contributed by atoms with Gasteiger partial charge in [-0.15, -0.1) is 0 Å². The highest BCUT2D eigenvalue weighted by atomic mass is 79.9. The highest BCUT2D eigenvalue weighted by Gasteiger charge is 2.33. The first-order valence-corrected chi connectivity index (χ1v) is 8.39. The maximum absolute atomic E-state index is 12.6. The van der Waals surface area contributed by atoms with Gasteiger partial charge in [-0.25, -0.2) is 0 Å². The van der Waals surface area contributed by atoms with Crippen molar-refractivity contribution in [2.45, 2.75) is 6.18 Å². The van der Waals surface area contributed by atoms with E-state index in [4.69, 9.17) is 0 Å². The molecular formula is C17H16BrF3N2O. The molecule has 1 saturated heterocycles. The second-order valence-electron chi connectivity index (χ2n) is 5.86. The second kappa shape index (κ2) is 6.72. The molecule has 0 bridgehead atoms. The Morgan fingerprint density at radius 3 is 2.46 bits per heavy atom. The molecule has 3 nitrogen and oxygen atoms in total. The minimum absolute atomic E-state index is 0.136. The number of carbonyl (C=O) groups is 1. The van der Waals surface area contributed by atoms with E-state index in [-0.39, 0.29) is 19.0 Å². The molecule has 2 aromatic rings. The number of nitrogens with zero attached hydrogens (tertiary/aromatic N) is 2. The van der Waals surface area contributed by atoms with Crippen LogP contribution in [0.25, 0.3) is 10.8 Å². The van der Waals surface area contributed by atoms with Crippen molar-refractivity contribution in [2.75, 3.05) is 32.7 Å². The molecule has 7 heteroatoms. The van der Waals surface area contributed by atoms with E-state index in [1.165, 1.54) is 4.90 Å². The molecule has 0 N–H and O–H groups in total. The third-order valence-corrected chi connectivity index (χ3v) is 4.83. The summed E-state index contributed by atoms with van der Waals surface area (Å²) in [5.74, 6) is -0.136. The molecule has 0 atom stereocenters. The van der Waals surface area contributed by atoms with Crippen molar-refractivity contribution in [1.82, 2.24) is 9.80 Å². The fourth-order valence-electron chi connectivity index (χ4n) is 2.92. The van der Waals surface area contributed by atoms with Gasteiger partial charge in [-0.2, -0.15) is 13.2 Å². The van der Waals surface area contributed by atoms with E-state index in [0.717, 1.165) is 15.2 Å². The molecule has 1 aliphatic rings. The number of hydrogen-bond acceptors (Lipinski definition) is 2. The number of alkyl halides is 3. The summed E-state index contributed by atoms with van der Waals surface area (Å²) < 4.78 is 38.2. The lowest BCUT2D eigenvalue weighted by atomic mass is 10.1. The van der Waals surface area contributed by atoms with Gasteiger partial charge < -0.3 is 4.90 Å². The zero-order chi connectivity index (χ0) is 17.3. The maximum Gasteiger partial charge on any atom is 0.401 e. The number of amides is 1. The molecule has 0 saturated carbocycles. The van der Waals surface area contributed by atoms with Crippen LogP contribution in [0, 0.1) is 0 Å². The Bertz CT molecular complexity index is 755. The average Bonchev–Trinajstić information content (AvgIpc) is 2.53. The molecule has 0 aromatic heterocycles. The molecule has 1 heterocycles. The van der Waals surface area contributed by atoms with E-state index in [0.29, 0.717) is 18.7 Å². The molecule has 0 radical (unpaired) electrons. The lowest BCUT2D eigenvalue weighted by Crippen LogP contribution is -2.50. The summed E-state index contributed by atoms with van der Waals surface area (Å²) in [6, 6.07) is 11.2. The van der Waals surface area contributed by atoms with E-state index in [9.17, 15) is 18.0 Å². The summed E-state index contributed by atoms with van der Waals surface area (Å²) in [6.07, 6.45) is -4.20. The first-order chi connectivity index (χ1) is 11.3. The van der Waals surface area contributed by atoms with Crippen LogP contribution in [0.4, 0.5) is 13.2 Å².